The lowest BCUT2D eigenvalue weighted by atomic mass is 10.1. The Morgan fingerprint density at radius 2 is 1.41 bits per heavy atom. The molecule has 0 aromatic heterocycles. The standard InChI is InChI=1S/C13H17F9O4S3/c1-8(2)9(23)7-28(5-3-27-4-6-28)26-29(24,25)13(21,22)11(16,17)10(14,15)12(18,19)20/h8H,3-7H2,1-2H3. The van der Waals surface area contributed by atoms with Gasteiger partial charge in [0.1, 0.15) is 5.78 Å². The van der Waals surface area contributed by atoms with E-state index in [2.05, 4.69) is 3.63 Å². The summed E-state index contributed by atoms with van der Waals surface area (Å²) >= 11 is 1.21. The van der Waals surface area contributed by atoms with Crippen LogP contribution in [-0.2, 0) is 18.5 Å². The Bertz CT molecular complexity index is 714. The number of halogens is 9. The number of rotatable bonds is 8. The van der Waals surface area contributed by atoms with Crippen molar-refractivity contribution in [1.29, 1.82) is 0 Å². The second-order valence-electron chi connectivity index (χ2n) is 6.44. The van der Waals surface area contributed by atoms with Crippen LogP contribution >= 0.6 is 22.1 Å². The molecule has 1 aliphatic heterocycles. The van der Waals surface area contributed by atoms with Crippen molar-refractivity contribution in [2.75, 3.05) is 28.8 Å². The lowest BCUT2D eigenvalue weighted by Gasteiger charge is -2.42. The molecule has 1 heterocycles. The average molecular weight is 504 g/mol. The summed E-state index contributed by atoms with van der Waals surface area (Å²) in [6.45, 7) is 2.77. The number of carbonyl (C=O) groups excluding carboxylic acids is 1. The summed E-state index contributed by atoms with van der Waals surface area (Å²) in [7, 11) is -10.3. The highest BCUT2D eigenvalue weighted by Gasteiger charge is 2.86. The molecule has 0 radical (unpaired) electrons. The highest BCUT2D eigenvalue weighted by Crippen LogP contribution is 2.60. The van der Waals surface area contributed by atoms with Crippen molar-refractivity contribution in [3.05, 3.63) is 0 Å². The fourth-order valence-electron chi connectivity index (χ4n) is 2.04. The van der Waals surface area contributed by atoms with Crippen LogP contribution in [0.1, 0.15) is 13.8 Å². The first-order valence-corrected chi connectivity index (χ1v) is 12.4. The van der Waals surface area contributed by atoms with Gasteiger partial charge in [-0.2, -0.15) is 59.7 Å². The van der Waals surface area contributed by atoms with Gasteiger partial charge >= 0.3 is 33.4 Å². The summed E-state index contributed by atoms with van der Waals surface area (Å²) in [5.74, 6) is -17.3. The molecule has 16 heteroatoms. The van der Waals surface area contributed by atoms with Crippen molar-refractivity contribution in [2.24, 2.45) is 5.92 Å². The van der Waals surface area contributed by atoms with Gasteiger partial charge in [-0.1, -0.05) is 13.8 Å². The van der Waals surface area contributed by atoms with Gasteiger partial charge in [0.2, 0.25) is 0 Å². The number of hydrogen-bond acceptors (Lipinski definition) is 5. The molecule has 0 N–H and O–H groups in total. The van der Waals surface area contributed by atoms with Crippen LogP contribution in [0.15, 0.2) is 0 Å². The number of carbonyl (C=O) groups is 1. The number of alkyl halides is 9. The summed E-state index contributed by atoms with van der Waals surface area (Å²) in [5, 5.41) is -6.91. The first kappa shape index (κ1) is 26.7. The third-order valence-electron chi connectivity index (χ3n) is 3.91. The Morgan fingerprint density at radius 1 is 0.966 bits per heavy atom. The van der Waals surface area contributed by atoms with Crippen LogP contribution in [-0.4, -0.2) is 66.2 Å². The number of thioether (sulfide) groups is 1. The first-order chi connectivity index (χ1) is 12.7. The van der Waals surface area contributed by atoms with Crippen LogP contribution in [0.4, 0.5) is 39.5 Å². The van der Waals surface area contributed by atoms with Gasteiger partial charge in [0, 0.05) is 28.9 Å². The molecule has 0 aromatic carbocycles. The largest absolute Gasteiger partial charge is 0.460 e. The quantitative estimate of drug-likeness (QED) is 0.458. The smallest absolute Gasteiger partial charge is 0.298 e. The maximum Gasteiger partial charge on any atom is 0.460 e. The van der Waals surface area contributed by atoms with E-state index in [1.54, 1.807) is 0 Å². The Hall–Kier alpha value is -0.350. The Kier molecular flexibility index (Phi) is 7.63. The van der Waals surface area contributed by atoms with Gasteiger partial charge in [-0.05, 0) is 0 Å². The molecule has 0 unspecified atom stereocenters. The van der Waals surface area contributed by atoms with E-state index in [-0.39, 0.29) is 23.0 Å². The third-order valence-corrected chi connectivity index (χ3v) is 10.9. The van der Waals surface area contributed by atoms with Crippen molar-refractivity contribution in [3.8, 4) is 0 Å². The monoisotopic (exact) mass is 504 g/mol. The molecule has 174 valence electrons. The summed E-state index contributed by atoms with van der Waals surface area (Å²) in [6, 6.07) is 0. The van der Waals surface area contributed by atoms with E-state index in [9.17, 15) is 52.7 Å². The van der Waals surface area contributed by atoms with Gasteiger partial charge in [-0.3, -0.25) is 4.79 Å². The van der Waals surface area contributed by atoms with Crippen LogP contribution in [0.5, 0.6) is 0 Å². The molecule has 1 saturated heterocycles. The van der Waals surface area contributed by atoms with Gasteiger partial charge in [0.05, 0.1) is 5.75 Å². The van der Waals surface area contributed by atoms with Crippen LogP contribution in [0.3, 0.4) is 0 Å². The molecule has 4 nitrogen and oxygen atoms in total. The van der Waals surface area contributed by atoms with Crippen molar-refractivity contribution in [2.45, 2.75) is 37.1 Å². The molecule has 1 aliphatic rings. The van der Waals surface area contributed by atoms with Gasteiger partial charge in [-0.15, -0.1) is 10.3 Å². The summed E-state index contributed by atoms with van der Waals surface area (Å²) in [4.78, 5) is 12.0. The summed E-state index contributed by atoms with van der Waals surface area (Å²) in [5.41, 5.74) is 0. The summed E-state index contributed by atoms with van der Waals surface area (Å²) in [6.07, 6.45) is -7.16. The van der Waals surface area contributed by atoms with Gasteiger partial charge in [0.25, 0.3) is 0 Å². The van der Waals surface area contributed by atoms with Crippen molar-refractivity contribution < 1.29 is 56.4 Å². The zero-order valence-corrected chi connectivity index (χ0v) is 17.3. The van der Waals surface area contributed by atoms with E-state index in [1.165, 1.54) is 25.6 Å². The van der Waals surface area contributed by atoms with Gasteiger partial charge in [0.15, 0.2) is 0 Å². The highest BCUT2D eigenvalue weighted by atomic mass is 32.3. The van der Waals surface area contributed by atoms with Crippen molar-refractivity contribution in [3.63, 3.8) is 0 Å². The maximum atomic E-state index is 13.9. The van der Waals surface area contributed by atoms with Gasteiger partial charge < -0.3 is 0 Å². The minimum absolute atomic E-state index is 0.0942. The van der Waals surface area contributed by atoms with Crippen LogP contribution in [0.25, 0.3) is 0 Å². The normalized spacial score (nSPS) is 20.6. The maximum absolute atomic E-state index is 13.9. The molecular weight excluding hydrogens is 487 g/mol. The van der Waals surface area contributed by atoms with Crippen LogP contribution < -0.4 is 0 Å². The Morgan fingerprint density at radius 3 is 1.79 bits per heavy atom. The molecular formula is C13H17F9O4S3. The number of hydrogen-bond donors (Lipinski definition) is 0. The molecule has 0 spiro atoms. The van der Waals surface area contributed by atoms with E-state index < -0.39 is 61.2 Å². The van der Waals surface area contributed by atoms with Crippen molar-refractivity contribution >= 4 is 38.0 Å². The molecule has 0 saturated carbocycles. The van der Waals surface area contributed by atoms with E-state index in [0.717, 1.165) is 0 Å². The topological polar surface area (TPSA) is 60.4 Å². The Labute approximate surface area is 166 Å². The molecule has 1 fully saturated rings. The molecule has 0 aromatic rings. The molecule has 0 atom stereocenters. The zero-order valence-electron chi connectivity index (χ0n) is 14.9. The zero-order chi connectivity index (χ0) is 23.1. The minimum atomic E-state index is -7.36. The van der Waals surface area contributed by atoms with Crippen LogP contribution in [0.2, 0.25) is 0 Å². The lowest BCUT2D eigenvalue weighted by molar-refractivity contribution is -0.382. The van der Waals surface area contributed by atoms with E-state index in [0.29, 0.717) is 0 Å². The molecule has 29 heavy (non-hydrogen) atoms. The Balaban J connectivity index is 3.37. The fraction of sp³-hybridized carbons (Fsp3) is 0.923. The fourth-order valence-corrected chi connectivity index (χ4v) is 10.0. The molecule has 0 bridgehead atoms. The minimum Gasteiger partial charge on any atom is -0.298 e. The van der Waals surface area contributed by atoms with E-state index >= 15 is 0 Å². The van der Waals surface area contributed by atoms with Crippen molar-refractivity contribution in [1.82, 2.24) is 0 Å². The van der Waals surface area contributed by atoms with Crippen LogP contribution in [0, 0.1) is 5.92 Å². The molecule has 1 rings (SSSR count). The second kappa shape index (κ2) is 8.30. The predicted molar refractivity (Wildman–Crippen MR) is 90.3 cm³/mol. The number of Topliss-reactive ketones (excluding diaryl/α,β-unsaturated/α-hetero) is 1. The van der Waals surface area contributed by atoms with Gasteiger partial charge in [-0.25, -0.2) is 3.63 Å². The third kappa shape index (κ3) is 4.95. The first-order valence-electron chi connectivity index (χ1n) is 7.77. The predicted octanol–water partition coefficient (Wildman–Crippen LogP) is 4.45. The highest BCUT2D eigenvalue weighted by molar-refractivity contribution is 8.34. The summed E-state index contributed by atoms with van der Waals surface area (Å²) < 4.78 is 145. The van der Waals surface area contributed by atoms with E-state index in [1.807, 2.05) is 0 Å². The molecule has 0 aliphatic carbocycles. The molecule has 0 amide bonds. The number of ketones is 1. The lowest BCUT2D eigenvalue weighted by Crippen LogP contribution is -2.63. The SMILES string of the molecule is CC(C)C(=O)CS1(OS(=O)(=O)C(F)(F)C(F)(F)C(F)(F)C(F)(F)F)CCSCC1. The van der Waals surface area contributed by atoms with E-state index in [4.69, 9.17) is 0 Å². The average Bonchev–Trinajstić information content (AvgIpc) is 2.53. The second-order valence-corrected chi connectivity index (χ2v) is 12.7.